The van der Waals surface area contributed by atoms with Crippen LogP contribution in [0.15, 0.2) is 60.7 Å². The first kappa shape index (κ1) is 15.5. The molecule has 0 amide bonds. The molecule has 0 spiro atoms. The summed E-state index contributed by atoms with van der Waals surface area (Å²) in [4.78, 5) is 9.29. The van der Waals surface area contributed by atoms with E-state index in [0.29, 0.717) is 16.5 Å². The van der Waals surface area contributed by atoms with Gasteiger partial charge in [0.2, 0.25) is 0 Å². The molecule has 124 valence electrons. The number of nitrogens with one attached hydrogen (secondary N) is 1. The van der Waals surface area contributed by atoms with E-state index in [1.165, 1.54) is 0 Å². The predicted octanol–water partition coefficient (Wildman–Crippen LogP) is 4.71. The molecular formula is C19H16ClN5. The number of hydrogen-bond acceptors (Lipinski definition) is 4. The molecule has 0 unspecified atom stereocenters. The van der Waals surface area contributed by atoms with Gasteiger partial charge >= 0.3 is 0 Å². The Labute approximate surface area is 150 Å². The van der Waals surface area contributed by atoms with E-state index in [1.807, 2.05) is 66.1 Å². The van der Waals surface area contributed by atoms with Gasteiger partial charge in [-0.3, -0.25) is 4.57 Å². The summed E-state index contributed by atoms with van der Waals surface area (Å²) < 4.78 is 2.00. The van der Waals surface area contributed by atoms with Crippen molar-refractivity contribution in [3.63, 3.8) is 0 Å². The maximum absolute atomic E-state index is 6.10. The molecule has 0 aliphatic heterocycles. The van der Waals surface area contributed by atoms with Crippen molar-refractivity contribution in [1.82, 2.24) is 14.5 Å². The van der Waals surface area contributed by atoms with Crippen molar-refractivity contribution in [2.75, 3.05) is 11.1 Å². The van der Waals surface area contributed by atoms with Gasteiger partial charge in [-0.2, -0.15) is 0 Å². The fourth-order valence-electron chi connectivity index (χ4n) is 2.83. The highest BCUT2D eigenvalue weighted by Crippen LogP contribution is 2.25. The lowest BCUT2D eigenvalue weighted by molar-refractivity contribution is 0.959. The van der Waals surface area contributed by atoms with Crippen molar-refractivity contribution in [2.45, 2.75) is 6.92 Å². The number of imidazole rings is 1. The second kappa shape index (κ2) is 6.11. The molecule has 5 nitrogen and oxygen atoms in total. The van der Waals surface area contributed by atoms with Crippen LogP contribution in [0.3, 0.4) is 0 Å². The summed E-state index contributed by atoms with van der Waals surface area (Å²) in [6, 6.07) is 19.0. The van der Waals surface area contributed by atoms with Gasteiger partial charge in [0.05, 0.1) is 11.0 Å². The largest absolute Gasteiger partial charge is 0.399 e. The summed E-state index contributed by atoms with van der Waals surface area (Å²) in [6.07, 6.45) is 0. The molecule has 0 aliphatic carbocycles. The lowest BCUT2D eigenvalue weighted by Gasteiger charge is -2.11. The second-order valence-electron chi connectivity index (χ2n) is 5.76. The molecule has 2 aromatic heterocycles. The first-order valence-electron chi connectivity index (χ1n) is 7.85. The fraction of sp³-hybridized carbons (Fsp3) is 0.0526. The number of nitrogens with two attached hydrogens (primary N) is 1. The van der Waals surface area contributed by atoms with Crippen LogP contribution in [0.2, 0.25) is 5.02 Å². The van der Waals surface area contributed by atoms with E-state index < -0.39 is 0 Å². The number of aromatic nitrogens is 3. The zero-order chi connectivity index (χ0) is 17.4. The van der Waals surface area contributed by atoms with E-state index in [-0.39, 0.29) is 0 Å². The normalized spacial score (nSPS) is 11.0. The molecule has 0 aliphatic rings. The van der Waals surface area contributed by atoms with E-state index in [0.717, 1.165) is 28.4 Å². The summed E-state index contributed by atoms with van der Waals surface area (Å²) in [5, 5.41) is 3.95. The average molecular weight is 350 g/mol. The highest BCUT2D eigenvalue weighted by atomic mass is 35.5. The Hall–Kier alpha value is -3.05. The minimum Gasteiger partial charge on any atom is -0.399 e. The van der Waals surface area contributed by atoms with Crippen LogP contribution in [0.25, 0.3) is 16.9 Å². The Morgan fingerprint density at radius 3 is 2.56 bits per heavy atom. The summed E-state index contributed by atoms with van der Waals surface area (Å²) in [5.41, 5.74) is 9.54. The van der Waals surface area contributed by atoms with Crippen molar-refractivity contribution in [1.29, 1.82) is 0 Å². The zero-order valence-corrected chi connectivity index (χ0v) is 14.3. The highest BCUT2D eigenvalue weighted by Gasteiger charge is 2.11. The summed E-state index contributed by atoms with van der Waals surface area (Å²) in [7, 11) is 0. The molecule has 0 saturated carbocycles. The lowest BCUT2D eigenvalue weighted by Crippen LogP contribution is -2.04. The van der Waals surface area contributed by atoms with Crippen molar-refractivity contribution < 1.29 is 0 Å². The van der Waals surface area contributed by atoms with Crippen LogP contribution in [-0.4, -0.2) is 14.5 Å². The molecule has 0 saturated heterocycles. The number of nitrogens with zero attached hydrogens (tertiary/aromatic N) is 3. The van der Waals surface area contributed by atoms with Crippen LogP contribution in [0, 0.1) is 6.92 Å². The van der Waals surface area contributed by atoms with Gasteiger partial charge in [0.15, 0.2) is 0 Å². The smallest absolute Gasteiger partial charge is 0.143 e. The van der Waals surface area contributed by atoms with Crippen molar-refractivity contribution in [3.8, 4) is 5.82 Å². The molecule has 4 aromatic rings. The SMILES string of the molecule is Cc1nc2ccccc2n1-c1cc(N)cc(Nc2ccc(Cl)cc2)n1. The number of pyridine rings is 1. The molecule has 2 aromatic carbocycles. The number of halogens is 1. The van der Waals surface area contributed by atoms with Gasteiger partial charge in [0.25, 0.3) is 0 Å². The van der Waals surface area contributed by atoms with Crippen LogP contribution in [0.4, 0.5) is 17.2 Å². The second-order valence-corrected chi connectivity index (χ2v) is 6.20. The summed E-state index contributed by atoms with van der Waals surface area (Å²) in [5.74, 6) is 2.24. The van der Waals surface area contributed by atoms with Gasteiger partial charge in [-0.25, -0.2) is 9.97 Å². The number of rotatable bonds is 3. The van der Waals surface area contributed by atoms with Crippen LogP contribution in [0.1, 0.15) is 5.82 Å². The molecule has 2 heterocycles. The van der Waals surface area contributed by atoms with E-state index in [2.05, 4.69) is 10.3 Å². The first-order valence-corrected chi connectivity index (χ1v) is 8.22. The van der Waals surface area contributed by atoms with Gasteiger partial charge in [-0.05, 0) is 43.3 Å². The molecule has 3 N–H and O–H groups in total. The number of aryl methyl sites for hydroxylation is 1. The van der Waals surface area contributed by atoms with Crippen molar-refractivity contribution in [2.24, 2.45) is 0 Å². The Morgan fingerprint density at radius 1 is 1.00 bits per heavy atom. The van der Waals surface area contributed by atoms with Gasteiger partial charge in [-0.1, -0.05) is 23.7 Å². The Kier molecular flexibility index (Phi) is 3.78. The molecule has 0 fully saturated rings. The molecular weight excluding hydrogens is 334 g/mol. The Bertz CT molecular complexity index is 1050. The van der Waals surface area contributed by atoms with Crippen LogP contribution in [0.5, 0.6) is 0 Å². The number of para-hydroxylation sites is 2. The monoisotopic (exact) mass is 349 g/mol. The van der Waals surface area contributed by atoms with Crippen LogP contribution < -0.4 is 11.1 Å². The standard InChI is InChI=1S/C19H16ClN5/c1-12-22-16-4-2-3-5-17(16)25(12)19-11-14(21)10-18(24-19)23-15-8-6-13(20)7-9-15/h2-11H,1H3,(H3,21,23,24). The number of fused-ring (bicyclic) bond motifs is 1. The van der Waals surface area contributed by atoms with E-state index in [9.17, 15) is 0 Å². The first-order chi connectivity index (χ1) is 12.1. The molecule has 4 rings (SSSR count). The predicted molar refractivity (Wildman–Crippen MR) is 103 cm³/mol. The van der Waals surface area contributed by atoms with Crippen LogP contribution in [-0.2, 0) is 0 Å². The van der Waals surface area contributed by atoms with Gasteiger partial charge in [0.1, 0.15) is 17.5 Å². The third kappa shape index (κ3) is 3.02. The third-order valence-electron chi connectivity index (χ3n) is 3.91. The maximum Gasteiger partial charge on any atom is 0.143 e. The van der Waals surface area contributed by atoms with Gasteiger partial charge < -0.3 is 11.1 Å². The topological polar surface area (TPSA) is 68.8 Å². The fourth-order valence-corrected chi connectivity index (χ4v) is 2.96. The minimum atomic E-state index is 0.624. The summed E-state index contributed by atoms with van der Waals surface area (Å²) in [6.45, 7) is 1.96. The lowest BCUT2D eigenvalue weighted by atomic mass is 10.3. The van der Waals surface area contributed by atoms with Crippen molar-refractivity contribution >= 4 is 39.8 Å². The molecule has 0 bridgehead atoms. The van der Waals surface area contributed by atoms with E-state index >= 15 is 0 Å². The van der Waals surface area contributed by atoms with E-state index in [1.54, 1.807) is 6.07 Å². The van der Waals surface area contributed by atoms with E-state index in [4.69, 9.17) is 22.3 Å². The number of anilines is 3. The Balaban J connectivity index is 1.79. The Morgan fingerprint density at radius 2 is 1.76 bits per heavy atom. The zero-order valence-electron chi connectivity index (χ0n) is 13.6. The van der Waals surface area contributed by atoms with Crippen LogP contribution >= 0.6 is 11.6 Å². The highest BCUT2D eigenvalue weighted by molar-refractivity contribution is 6.30. The van der Waals surface area contributed by atoms with Gasteiger partial charge in [0, 0.05) is 28.5 Å². The quantitative estimate of drug-likeness (QED) is 0.562. The molecule has 6 heteroatoms. The average Bonchev–Trinajstić information content (AvgIpc) is 2.92. The number of benzene rings is 2. The summed E-state index contributed by atoms with van der Waals surface area (Å²) >= 11 is 5.93. The molecule has 0 atom stereocenters. The number of hydrogen-bond donors (Lipinski definition) is 2. The van der Waals surface area contributed by atoms with Gasteiger partial charge in [-0.15, -0.1) is 0 Å². The molecule has 0 radical (unpaired) electrons. The third-order valence-corrected chi connectivity index (χ3v) is 4.16. The number of nitrogen functional groups attached to an aromatic ring is 1. The maximum atomic E-state index is 6.10. The van der Waals surface area contributed by atoms with Crippen molar-refractivity contribution in [3.05, 3.63) is 71.5 Å². The molecule has 25 heavy (non-hydrogen) atoms. The minimum absolute atomic E-state index is 0.624.